The van der Waals surface area contributed by atoms with Crippen molar-refractivity contribution in [2.45, 2.75) is 13.2 Å². The Morgan fingerprint density at radius 1 is 0.580 bits per heavy atom. The number of ketones is 4. The number of hydrazine groups is 1. The molecular formula is C38H28N8O4. The van der Waals surface area contributed by atoms with Gasteiger partial charge < -0.3 is 22.1 Å². The Morgan fingerprint density at radius 3 is 1.62 bits per heavy atom. The topological polar surface area (TPSA) is 184 Å². The highest BCUT2D eigenvalue weighted by atomic mass is 16.1. The normalized spacial score (nSPS) is 16.0. The number of nitrogens with two attached hydrogens (primary N) is 2. The Morgan fingerprint density at radius 2 is 1.06 bits per heavy atom. The Labute approximate surface area is 285 Å². The lowest BCUT2D eigenvalue weighted by Gasteiger charge is -2.35. The van der Waals surface area contributed by atoms with Crippen LogP contribution in [0, 0.1) is 0 Å². The Kier molecular flexibility index (Phi) is 7.00. The van der Waals surface area contributed by atoms with Gasteiger partial charge in [-0.2, -0.15) is 4.99 Å². The molecule has 0 bridgehead atoms. The number of rotatable bonds is 5. The zero-order chi connectivity index (χ0) is 34.7. The molecule has 12 nitrogen and oxygen atoms in total. The summed E-state index contributed by atoms with van der Waals surface area (Å²) in [6, 6.07) is 29.1. The van der Waals surface area contributed by atoms with Gasteiger partial charge in [-0.3, -0.25) is 24.6 Å². The number of anilines is 5. The molecule has 12 heteroatoms. The minimum absolute atomic E-state index is 0.0858. The second-order valence-electron chi connectivity index (χ2n) is 11.9. The van der Waals surface area contributed by atoms with Crippen LogP contribution in [0.25, 0.3) is 0 Å². The van der Waals surface area contributed by atoms with Crippen molar-refractivity contribution in [1.82, 2.24) is 5.01 Å². The third-order valence-corrected chi connectivity index (χ3v) is 8.93. The standard InChI is InChI=1S/C38H28N8O4/c1-19-41-37(42-27-17-15-25-29(31(27)39)35(49)23-13-7-5-11-21(23)33(25)47)44-38(46(19)45-20-9-3-2-4-10-20)43-28-18-16-26-30(32(28)40)36(50)24-14-8-6-12-22(24)34(26)48/h2-18,38,43,45H,39-40H2,1H3,(H,42,44). The van der Waals surface area contributed by atoms with E-state index in [4.69, 9.17) is 16.5 Å². The molecule has 7 N–H and O–H groups in total. The van der Waals surface area contributed by atoms with E-state index in [0.29, 0.717) is 28.3 Å². The predicted molar refractivity (Wildman–Crippen MR) is 192 cm³/mol. The first-order valence-electron chi connectivity index (χ1n) is 15.7. The van der Waals surface area contributed by atoms with Crippen LogP contribution in [0.15, 0.2) is 113 Å². The van der Waals surface area contributed by atoms with Gasteiger partial charge in [0.05, 0.1) is 39.6 Å². The highest BCUT2D eigenvalue weighted by Gasteiger charge is 2.35. The summed E-state index contributed by atoms with van der Waals surface area (Å²) in [5, 5.41) is 8.10. The van der Waals surface area contributed by atoms with E-state index in [1.807, 2.05) is 30.3 Å². The van der Waals surface area contributed by atoms with Crippen LogP contribution in [0.5, 0.6) is 0 Å². The van der Waals surface area contributed by atoms with Gasteiger partial charge >= 0.3 is 0 Å². The number of carbonyl (C=O) groups excluding carboxylic acids is 4. The van der Waals surface area contributed by atoms with Gasteiger partial charge in [0.15, 0.2) is 23.1 Å². The number of fused-ring (bicyclic) bond motifs is 4. The molecular weight excluding hydrogens is 632 g/mol. The van der Waals surface area contributed by atoms with Crippen molar-refractivity contribution >= 4 is 63.4 Å². The van der Waals surface area contributed by atoms with Gasteiger partial charge in [0.25, 0.3) is 0 Å². The second-order valence-corrected chi connectivity index (χ2v) is 11.9. The molecule has 0 radical (unpaired) electrons. The van der Waals surface area contributed by atoms with E-state index in [9.17, 15) is 19.2 Å². The van der Waals surface area contributed by atoms with Crippen molar-refractivity contribution in [2.24, 2.45) is 9.98 Å². The molecule has 1 aliphatic heterocycles. The molecule has 0 saturated heterocycles. The van der Waals surface area contributed by atoms with Crippen molar-refractivity contribution in [3.63, 3.8) is 0 Å². The molecule has 5 aromatic rings. The summed E-state index contributed by atoms with van der Waals surface area (Å²) in [5.74, 6) is -0.631. The molecule has 1 heterocycles. The summed E-state index contributed by atoms with van der Waals surface area (Å²) >= 11 is 0. The van der Waals surface area contributed by atoms with E-state index in [1.165, 1.54) is 0 Å². The predicted octanol–water partition coefficient (Wildman–Crippen LogP) is 5.33. The van der Waals surface area contributed by atoms with Gasteiger partial charge in [0, 0.05) is 33.4 Å². The third kappa shape index (κ3) is 4.77. The van der Waals surface area contributed by atoms with Gasteiger partial charge in [0.1, 0.15) is 5.84 Å². The van der Waals surface area contributed by atoms with Crippen LogP contribution >= 0.6 is 0 Å². The molecule has 0 aromatic heterocycles. The monoisotopic (exact) mass is 660 g/mol. The number of guanidine groups is 1. The minimum Gasteiger partial charge on any atom is -0.396 e. The Hall–Kier alpha value is -7.08. The number of aliphatic imine (C=N–C) groups is 2. The van der Waals surface area contributed by atoms with Crippen molar-refractivity contribution < 1.29 is 19.2 Å². The fourth-order valence-corrected chi connectivity index (χ4v) is 6.46. The lowest BCUT2D eigenvalue weighted by molar-refractivity contribution is 0.0980. The lowest BCUT2D eigenvalue weighted by Crippen LogP contribution is -2.50. The van der Waals surface area contributed by atoms with E-state index in [0.717, 1.165) is 5.69 Å². The second kappa shape index (κ2) is 11.6. The maximum Gasteiger partial charge on any atom is 0.228 e. The van der Waals surface area contributed by atoms with Gasteiger partial charge in [-0.05, 0) is 43.3 Å². The van der Waals surface area contributed by atoms with Crippen LogP contribution in [-0.4, -0.2) is 46.2 Å². The van der Waals surface area contributed by atoms with Crippen LogP contribution in [0.3, 0.4) is 0 Å². The first-order valence-corrected chi connectivity index (χ1v) is 15.7. The molecule has 50 heavy (non-hydrogen) atoms. The number of nitrogens with zero attached hydrogens (tertiary/aromatic N) is 3. The number of benzene rings is 5. The smallest absolute Gasteiger partial charge is 0.228 e. The third-order valence-electron chi connectivity index (χ3n) is 8.93. The molecule has 1 atom stereocenters. The largest absolute Gasteiger partial charge is 0.396 e. The average Bonchev–Trinajstić information content (AvgIpc) is 3.13. The number of nitrogen functional groups attached to an aromatic ring is 2. The molecule has 0 amide bonds. The molecule has 3 aliphatic rings. The number of hydrogen-bond donors (Lipinski definition) is 5. The molecule has 0 fully saturated rings. The molecule has 1 unspecified atom stereocenters. The number of hydrogen-bond acceptors (Lipinski definition) is 12. The summed E-state index contributed by atoms with van der Waals surface area (Å²) in [6.45, 7) is 1.77. The van der Waals surface area contributed by atoms with E-state index in [2.05, 4.69) is 21.1 Å². The SMILES string of the molecule is CC1=NC(Nc2ccc3c(c2N)C(=O)c2ccccc2C3=O)=NC(Nc2ccc3c(c2N)C(=O)c2ccccc2C3=O)N1Nc1ccccc1. The van der Waals surface area contributed by atoms with Crippen molar-refractivity contribution in [2.75, 3.05) is 27.5 Å². The number of para-hydroxylation sites is 1. The van der Waals surface area contributed by atoms with Gasteiger partial charge in [-0.15, -0.1) is 0 Å². The van der Waals surface area contributed by atoms with Crippen LogP contribution < -0.4 is 27.5 Å². The maximum absolute atomic E-state index is 13.6. The van der Waals surface area contributed by atoms with Crippen molar-refractivity contribution in [3.05, 3.63) is 148 Å². The van der Waals surface area contributed by atoms with Crippen LogP contribution in [0.2, 0.25) is 0 Å². The highest BCUT2D eigenvalue weighted by molar-refractivity contribution is 6.32. The van der Waals surface area contributed by atoms with E-state index < -0.39 is 6.29 Å². The zero-order valence-electron chi connectivity index (χ0n) is 26.5. The van der Waals surface area contributed by atoms with Crippen LogP contribution in [0.1, 0.15) is 70.6 Å². The number of amidine groups is 1. The first kappa shape index (κ1) is 30.3. The number of nitrogens with one attached hydrogen (secondary N) is 3. The quantitative estimate of drug-likeness (QED) is 0.151. The molecule has 8 rings (SSSR count). The summed E-state index contributed by atoms with van der Waals surface area (Å²) in [6.07, 6.45) is -0.897. The summed E-state index contributed by atoms with van der Waals surface area (Å²) in [5.41, 5.74) is 20.0. The summed E-state index contributed by atoms with van der Waals surface area (Å²) < 4.78 is 0. The van der Waals surface area contributed by atoms with Gasteiger partial charge in [0.2, 0.25) is 12.2 Å². The highest BCUT2D eigenvalue weighted by Crippen LogP contribution is 2.37. The molecule has 0 saturated carbocycles. The average molecular weight is 661 g/mol. The fourth-order valence-electron chi connectivity index (χ4n) is 6.46. The minimum atomic E-state index is -0.897. The zero-order valence-corrected chi connectivity index (χ0v) is 26.5. The van der Waals surface area contributed by atoms with E-state index in [-0.39, 0.29) is 73.8 Å². The molecule has 0 spiro atoms. The van der Waals surface area contributed by atoms with Crippen molar-refractivity contribution in [1.29, 1.82) is 0 Å². The number of carbonyl (C=O) groups is 4. The van der Waals surface area contributed by atoms with E-state index >= 15 is 0 Å². The van der Waals surface area contributed by atoms with Gasteiger partial charge in [-0.25, -0.2) is 10.0 Å². The van der Waals surface area contributed by atoms with Crippen LogP contribution in [0.4, 0.5) is 28.4 Å². The summed E-state index contributed by atoms with van der Waals surface area (Å²) in [4.78, 5) is 63.0. The fraction of sp³-hybridized carbons (Fsp3) is 0.0526. The first-order chi connectivity index (χ1) is 24.2. The summed E-state index contributed by atoms with van der Waals surface area (Å²) in [7, 11) is 0. The molecule has 244 valence electrons. The van der Waals surface area contributed by atoms with E-state index in [1.54, 1.807) is 84.7 Å². The maximum atomic E-state index is 13.6. The lowest BCUT2D eigenvalue weighted by atomic mass is 9.83. The molecule has 2 aliphatic carbocycles. The molecule has 5 aromatic carbocycles. The Balaban J connectivity index is 1.16. The Bertz CT molecular complexity index is 2380. The van der Waals surface area contributed by atoms with Crippen molar-refractivity contribution in [3.8, 4) is 0 Å². The van der Waals surface area contributed by atoms with Gasteiger partial charge in [-0.1, -0.05) is 66.7 Å². The van der Waals surface area contributed by atoms with Crippen LogP contribution in [-0.2, 0) is 0 Å².